The Morgan fingerprint density at radius 2 is 2.39 bits per heavy atom. The molecule has 2 rings (SSSR count). The molecule has 1 aliphatic heterocycles. The molecule has 0 unspecified atom stereocenters. The highest BCUT2D eigenvalue weighted by Gasteiger charge is 2.20. The van der Waals surface area contributed by atoms with Crippen molar-refractivity contribution >= 4 is 17.3 Å². The van der Waals surface area contributed by atoms with E-state index < -0.39 is 0 Å². The van der Waals surface area contributed by atoms with Crippen molar-refractivity contribution in [3.05, 3.63) is 36.4 Å². The van der Waals surface area contributed by atoms with Crippen LogP contribution in [0.3, 0.4) is 0 Å². The van der Waals surface area contributed by atoms with Crippen molar-refractivity contribution in [2.45, 2.75) is 12.8 Å². The molecule has 18 heavy (non-hydrogen) atoms. The molecular weight excluding hydrogens is 226 g/mol. The maximum Gasteiger partial charge on any atom is 0.239 e. The van der Waals surface area contributed by atoms with E-state index in [-0.39, 0.29) is 5.91 Å². The Morgan fingerprint density at radius 1 is 1.56 bits per heavy atom. The molecular formula is C14H19N3O. The molecule has 1 heterocycles. The molecule has 0 bridgehead atoms. The summed E-state index contributed by atoms with van der Waals surface area (Å²) in [7, 11) is 0. The first kappa shape index (κ1) is 12.5. The van der Waals surface area contributed by atoms with Gasteiger partial charge in [-0.15, -0.1) is 6.58 Å². The van der Waals surface area contributed by atoms with Gasteiger partial charge in [0.15, 0.2) is 0 Å². The van der Waals surface area contributed by atoms with Gasteiger partial charge >= 0.3 is 0 Å². The average molecular weight is 245 g/mol. The van der Waals surface area contributed by atoms with Gasteiger partial charge in [0.2, 0.25) is 5.91 Å². The summed E-state index contributed by atoms with van der Waals surface area (Å²) in [5, 5.41) is 2.80. The van der Waals surface area contributed by atoms with Crippen molar-refractivity contribution in [3.8, 4) is 0 Å². The molecule has 0 fully saturated rings. The molecule has 1 amide bonds. The molecule has 0 radical (unpaired) electrons. The van der Waals surface area contributed by atoms with Gasteiger partial charge in [-0.05, 0) is 30.5 Å². The van der Waals surface area contributed by atoms with Gasteiger partial charge in [0, 0.05) is 24.5 Å². The average Bonchev–Trinajstić information content (AvgIpc) is 2.38. The van der Waals surface area contributed by atoms with Crippen LogP contribution in [-0.2, 0) is 11.2 Å². The number of nitrogens with one attached hydrogen (secondary N) is 1. The van der Waals surface area contributed by atoms with Crippen LogP contribution in [0.4, 0.5) is 11.4 Å². The van der Waals surface area contributed by atoms with E-state index in [0.717, 1.165) is 30.8 Å². The summed E-state index contributed by atoms with van der Waals surface area (Å²) in [6, 6.07) is 5.89. The predicted molar refractivity (Wildman–Crippen MR) is 74.6 cm³/mol. The Morgan fingerprint density at radius 3 is 3.17 bits per heavy atom. The molecule has 0 aliphatic carbocycles. The fourth-order valence-electron chi connectivity index (χ4n) is 2.31. The lowest BCUT2D eigenvalue weighted by molar-refractivity contribution is -0.119. The number of carbonyl (C=O) groups is 1. The van der Waals surface area contributed by atoms with Crippen molar-refractivity contribution in [2.24, 2.45) is 0 Å². The summed E-state index contributed by atoms with van der Waals surface area (Å²) < 4.78 is 0. The first-order valence-electron chi connectivity index (χ1n) is 6.22. The number of amides is 1. The zero-order valence-electron chi connectivity index (χ0n) is 10.5. The van der Waals surface area contributed by atoms with E-state index in [4.69, 9.17) is 5.73 Å². The summed E-state index contributed by atoms with van der Waals surface area (Å²) in [4.78, 5) is 13.8. The third-order valence-corrected chi connectivity index (χ3v) is 3.16. The Labute approximate surface area is 107 Å². The normalized spacial score (nSPS) is 13.9. The number of nitrogens with zero attached hydrogens (tertiary/aromatic N) is 1. The van der Waals surface area contributed by atoms with Crippen LogP contribution in [0, 0.1) is 0 Å². The second-order valence-corrected chi connectivity index (χ2v) is 4.46. The van der Waals surface area contributed by atoms with E-state index in [9.17, 15) is 4.79 Å². The minimum atomic E-state index is 0.0187. The van der Waals surface area contributed by atoms with E-state index >= 15 is 0 Å². The van der Waals surface area contributed by atoms with Crippen LogP contribution in [0.2, 0.25) is 0 Å². The van der Waals surface area contributed by atoms with Crippen molar-refractivity contribution in [3.63, 3.8) is 0 Å². The van der Waals surface area contributed by atoms with Crippen molar-refractivity contribution in [2.75, 3.05) is 30.3 Å². The van der Waals surface area contributed by atoms with Crippen molar-refractivity contribution < 1.29 is 4.79 Å². The number of carbonyl (C=O) groups excluding carboxylic acids is 1. The van der Waals surface area contributed by atoms with Gasteiger partial charge in [0.1, 0.15) is 0 Å². The zero-order valence-corrected chi connectivity index (χ0v) is 10.5. The number of hydrogen-bond acceptors (Lipinski definition) is 3. The first-order valence-corrected chi connectivity index (χ1v) is 6.22. The molecule has 0 atom stereocenters. The summed E-state index contributed by atoms with van der Waals surface area (Å²) in [5.74, 6) is 0.0187. The Bertz CT molecular complexity index is 456. The fourth-order valence-corrected chi connectivity index (χ4v) is 2.31. The van der Waals surface area contributed by atoms with Gasteiger partial charge in [0.25, 0.3) is 0 Å². The Balaban J connectivity index is 2.10. The molecule has 0 spiro atoms. The van der Waals surface area contributed by atoms with Crippen LogP contribution in [-0.4, -0.2) is 25.5 Å². The van der Waals surface area contributed by atoms with Gasteiger partial charge in [0.05, 0.1) is 6.54 Å². The number of nitrogen functional groups attached to an aromatic ring is 1. The highest BCUT2D eigenvalue weighted by atomic mass is 16.2. The van der Waals surface area contributed by atoms with Crippen LogP contribution < -0.4 is 16.0 Å². The molecule has 1 aliphatic rings. The molecule has 0 saturated carbocycles. The number of benzene rings is 1. The summed E-state index contributed by atoms with van der Waals surface area (Å²) >= 11 is 0. The number of hydrogen-bond donors (Lipinski definition) is 2. The highest BCUT2D eigenvalue weighted by molar-refractivity contribution is 5.82. The third-order valence-electron chi connectivity index (χ3n) is 3.16. The van der Waals surface area contributed by atoms with Crippen LogP contribution in [0.5, 0.6) is 0 Å². The molecule has 4 nitrogen and oxygen atoms in total. The Kier molecular flexibility index (Phi) is 3.87. The molecule has 4 heteroatoms. The van der Waals surface area contributed by atoms with E-state index in [0.29, 0.717) is 13.1 Å². The Hall–Kier alpha value is -1.97. The maximum absolute atomic E-state index is 11.7. The summed E-state index contributed by atoms with van der Waals surface area (Å²) in [5.41, 5.74) is 9.06. The number of fused-ring (bicyclic) bond motifs is 1. The van der Waals surface area contributed by atoms with Crippen molar-refractivity contribution in [1.29, 1.82) is 0 Å². The minimum absolute atomic E-state index is 0.0187. The van der Waals surface area contributed by atoms with E-state index in [1.807, 2.05) is 18.2 Å². The number of rotatable bonds is 4. The third kappa shape index (κ3) is 2.64. The standard InChI is InChI=1S/C14H19N3O/c1-2-8-16-14(18)10-17-9-4-5-11-12(15)6-3-7-13(11)17/h2-3,6-7H,1,4-5,8-10,15H2,(H,16,18). The van der Waals surface area contributed by atoms with Gasteiger partial charge in [-0.1, -0.05) is 12.1 Å². The van der Waals surface area contributed by atoms with Crippen LogP contribution in [0.1, 0.15) is 12.0 Å². The van der Waals surface area contributed by atoms with Gasteiger partial charge < -0.3 is 16.0 Å². The van der Waals surface area contributed by atoms with Crippen LogP contribution >= 0.6 is 0 Å². The van der Waals surface area contributed by atoms with Gasteiger partial charge in [-0.3, -0.25) is 4.79 Å². The minimum Gasteiger partial charge on any atom is -0.398 e. The largest absolute Gasteiger partial charge is 0.398 e. The fraction of sp³-hybridized carbons (Fsp3) is 0.357. The topological polar surface area (TPSA) is 58.4 Å². The van der Waals surface area contributed by atoms with E-state index in [1.54, 1.807) is 6.08 Å². The second-order valence-electron chi connectivity index (χ2n) is 4.46. The van der Waals surface area contributed by atoms with E-state index in [1.165, 1.54) is 5.56 Å². The van der Waals surface area contributed by atoms with Crippen LogP contribution in [0.15, 0.2) is 30.9 Å². The molecule has 96 valence electrons. The van der Waals surface area contributed by atoms with E-state index in [2.05, 4.69) is 16.8 Å². The SMILES string of the molecule is C=CCNC(=O)CN1CCCc2c(N)cccc21. The molecule has 3 N–H and O–H groups in total. The molecule has 1 aromatic carbocycles. The van der Waals surface area contributed by atoms with Crippen molar-refractivity contribution in [1.82, 2.24) is 5.32 Å². The second kappa shape index (κ2) is 5.58. The summed E-state index contributed by atoms with van der Waals surface area (Å²) in [6.07, 6.45) is 3.71. The number of anilines is 2. The smallest absolute Gasteiger partial charge is 0.239 e. The lowest BCUT2D eigenvalue weighted by Gasteiger charge is -2.31. The predicted octanol–water partition coefficient (Wildman–Crippen LogP) is 1.32. The monoisotopic (exact) mass is 245 g/mol. The maximum atomic E-state index is 11.7. The molecule has 0 aromatic heterocycles. The zero-order chi connectivity index (χ0) is 13.0. The van der Waals surface area contributed by atoms with Gasteiger partial charge in [-0.2, -0.15) is 0 Å². The van der Waals surface area contributed by atoms with Gasteiger partial charge in [-0.25, -0.2) is 0 Å². The summed E-state index contributed by atoms with van der Waals surface area (Å²) in [6.45, 7) is 5.37. The molecule has 1 aromatic rings. The highest BCUT2D eigenvalue weighted by Crippen LogP contribution is 2.30. The first-order chi connectivity index (χ1) is 8.72. The lowest BCUT2D eigenvalue weighted by atomic mass is 10.00. The molecule has 0 saturated heterocycles. The quantitative estimate of drug-likeness (QED) is 0.621. The van der Waals surface area contributed by atoms with Crippen LogP contribution in [0.25, 0.3) is 0 Å². The number of nitrogens with two attached hydrogens (primary N) is 1. The lowest BCUT2D eigenvalue weighted by Crippen LogP contribution is -2.40.